The second-order valence-electron chi connectivity index (χ2n) is 7.10. The van der Waals surface area contributed by atoms with Gasteiger partial charge in [0.05, 0.1) is 7.05 Å². The van der Waals surface area contributed by atoms with Crippen LogP contribution in [0.1, 0.15) is 22.3 Å². The molecule has 3 rings (SSSR count). The van der Waals surface area contributed by atoms with E-state index in [-0.39, 0.29) is 5.91 Å². The molecule has 0 aliphatic heterocycles. The molecule has 0 aliphatic carbocycles. The van der Waals surface area contributed by atoms with Crippen LogP contribution in [0.4, 0.5) is 5.69 Å². The Morgan fingerprint density at radius 2 is 1.48 bits per heavy atom. The number of carbonyl (C=O) groups excluding carboxylic acids is 1. The van der Waals surface area contributed by atoms with E-state index < -0.39 is 0 Å². The van der Waals surface area contributed by atoms with E-state index in [1.165, 1.54) is 21.6 Å². The number of anilines is 1. The number of rotatable bonds is 7. The van der Waals surface area contributed by atoms with Gasteiger partial charge in [-0.05, 0) is 36.1 Å². The average Bonchev–Trinajstić information content (AvgIpc) is 2.66. The van der Waals surface area contributed by atoms with Crippen LogP contribution in [0.2, 0.25) is 0 Å². The highest BCUT2D eigenvalue weighted by atomic mass is 16.2. The van der Waals surface area contributed by atoms with Gasteiger partial charge in [0.25, 0.3) is 5.91 Å². The van der Waals surface area contributed by atoms with Crippen molar-refractivity contribution in [1.29, 1.82) is 0 Å². The molecule has 3 aromatic carbocycles. The van der Waals surface area contributed by atoms with Crippen molar-refractivity contribution < 1.29 is 9.69 Å². The van der Waals surface area contributed by atoms with Crippen molar-refractivity contribution in [3.8, 4) is 0 Å². The maximum Gasteiger partial charge on any atom is 0.279 e. The summed E-state index contributed by atoms with van der Waals surface area (Å²) < 4.78 is 0. The predicted molar refractivity (Wildman–Crippen MR) is 111 cm³/mol. The molecule has 0 radical (unpaired) electrons. The monoisotopic (exact) mass is 359 g/mol. The van der Waals surface area contributed by atoms with Crippen molar-refractivity contribution in [3.63, 3.8) is 0 Å². The lowest BCUT2D eigenvalue weighted by Gasteiger charge is -2.16. The number of para-hydroxylation sites is 1. The number of hydrogen-bond donors (Lipinski definition) is 2. The second kappa shape index (κ2) is 9.15. The van der Waals surface area contributed by atoms with Gasteiger partial charge in [-0.2, -0.15) is 0 Å². The van der Waals surface area contributed by atoms with E-state index in [4.69, 9.17) is 0 Å². The molecule has 3 aromatic rings. The molecule has 1 unspecified atom stereocenters. The lowest BCUT2D eigenvalue weighted by atomic mass is 10.0. The molecule has 0 saturated carbocycles. The van der Waals surface area contributed by atoms with Crippen molar-refractivity contribution in [3.05, 3.63) is 101 Å². The smallest absolute Gasteiger partial charge is 0.279 e. The summed E-state index contributed by atoms with van der Waals surface area (Å²) in [6.45, 7) is 3.39. The fourth-order valence-electron chi connectivity index (χ4n) is 3.28. The fourth-order valence-corrected chi connectivity index (χ4v) is 3.28. The van der Waals surface area contributed by atoms with Gasteiger partial charge in [-0.15, -0.1) is 0 Å². The summed E-state index contributed by atoms with van der Waals surface area (Å²) in [4.78, 5) is 13.7. The van der Waals surface area contributed by atoms with Crippen LogP contribution >= 0.6 is 0 Å². The van der Waals surface area contributed by atoms with Crippen molar-refractivity contribution in [2.24, 2.45) is 0 Å². The largest absolute Gasteiger partial charge is 0.326 e. The van der Waals surface area contributed by atoms with Crippen LogP contribution in [-0.4, -0.2) is 19.5 Å². The van der Waals surface area contributed by atoms with E-state index in [1.807, 2.05) is 42.5 Å². The summed E-state index contributed by atoms with van der Waals surface area (Å²) in [5.74, 6) is 0.0431. The maximum absolute atomic E-state index is 12.6. The molecule has 0 heterocycles. The van der Waals surface area contributed by atoms with Crippen LogP contribution < -0.4 is 10.2 Å². The summed E-state index contributed by atoms with van der Waals surface area (Å²) in [5.41, 5.74) is 5.82. The molecular weight excluding hydrogens is 332 g/mol. The molecule has 0 spiro atoms. The van der Waals surface area contributed by atoms with Crippen molar-refractivity contribution in [2.45, 2.75) is 19.9 Å². The Morgan fingerprint density at radius 1 is 0.852 bits per heavy atom. The summed E-state index contributed by atoms with van der Waals surface area (Å²) >= 11 is 0. The molecule has 0 saturated heterocycles. The van der Waals surface area contributed by atoms with E-state index >= 15 is 0 Å². The normalized spacial score (nSPS) is 11.8. The van der Waals surface area contributed by atoms with Crippen molar-refractivity contribution in [2.75, 3.05) is 18.9 Å². The topological polar surface area (TPSA) is 33.5 Å². The molecule has 3 nitrogen and oxygen atoms in total. The zero-order valence-electron chi connectivity index (χ0n) is 16.0. The van der Waals surface area contributed by atoms with E-state index in [0.29, 0.717) is 6.54 Å². The summed E-state index contributed by atoms with van der Waals surface area (Å²) in [6, 6.07) is 26.7. The molecule has 0 fully saturated rings. The van der Waals surface area contributed by atoms with E-state index in [0.717, 1.165) is 24.2 Å². The Balaban J connectivity index is 1.61. The Morgan fingerprint density at radius 3 is 2.22 bits per heavy atom. The van der Waals surface area contributed by atoms with E-state index in [9.17, 15) is 4.79 Å². The van der Waals surface area contributed by atoms with Gasteiger partial charge >= 0.3 is 0 Å². The highest BCUT2D eigenvalue weighted by Crippen LogP contribution is 2.18. The summed E-state index contributed by atoms with van der Waals surface area (Å²) in [6.07, 6.45) is 0.809. The van der Waals surface area contributed by atoms with Gasteiger partial charge in [0.2, 0.25) is 0 Å². The standard InChI is InChI=1S/C24H26N2O/c1-19-10-6-7-14-22(19)17-26(2)18-24(27)25-23-15-9-8-13-21(23)16-20-11-4-3-5-12-20/h3-15H,16-18H2,1-2H3,(H,25,27)/p+1. The summed E-state index contributed by atoms with van der Waals surface area (Å²) in [7, 11) is 2.06. The fraction of sp³-hybridized carbons (Fsp3) is 0.208. The van der Waals surface area contributed by atoms with Gasteiger partial charge in [0.1, 0.15) is 6.54 Å². The van der Waals surface area contributed by atoms with E-state index in [1.54, 1.807) is 0 Å². The van der Waals surface area contributed by atoms with Gasteiger partial charge in [-0.1, -0.05) is 72.8 Å². The van der Waals surface area contributed by atoms with Gasteiger partial charge in [0, 0.05) is 11.3 Å². The first-order valence-corrected chi connectivity index (χ1v) is 9.39. The van der Waals surface area contributed by atoms with Gasteiger partial charge < -0.3 is 10.2 Å². The van der Waals surface area contributed by atoms with Crippen LogP contribution in [0.25, 0.3) is 0 Å². The number of quaternary nitrogens is 1. The Hall–Kier alpha value is -2.91. The molecule has 1 atom stereocenters. The summed E-state index contributed by atoms with van der Waals surface area (Å²) in [5, 5.41) is 3.10. The maximum atomic E-state index is 12.6. The molecule has 0 aliphatic rings. The lowest BCUT2D eigenvalue weighted by Crippen LogP contribution is -3.08. The predicted octanol–water partition coefficient (Wildman–Crippen LogP) is 3.24. The number of nitrogens with one attached hydrogen (secondary N) is 2. The number of amides is 1. The van der Waals surface area contributed by atoms with Crippen LogP contribution in [0.15, 0.2) is 78.9 Å². The SMILES string of the molecule is Cc1ccccc1C[NH+](C)CC(=O)Nc1ccccc1Cc1ccccc1. The second-order valence-corrected chi connectivity index (χ2v) is 7.10. The quantitative estimate of drug-likeness (QED) is 0.667. The first-order valence-electron chi connectivity index (χ1n) is 9.39. The number of hydrogen-bond acceptors (Lipinski definition) is 1. The van der Waals surface area contributed by atoms with Gasteiger partial charge in [-0.25, -0.2) is 0 Å². The zero-order chi connectivity index (χ0) is 19.1. The first kappa shape index (κ1) is 18.9. The Labute approximate surface area is 161 Å². The third-order valence-corrected chi connectivity index (χ3v) is 4.74. The molecule has 27 heavy (non-hydrogen) atoms. The van der Waals surface area contributed by atoms with Crippen molar-refractivity contribution >= 4 is 11.6 Å². The Bertz CT molecular complexity index is 890. The van der Waals surface area contributed by atoms with Crippen LogP contribution in [-0.2, 0) is 17.8 Å². The van der Waals surface area contributed by atoms with Gasteiger partial charge in [-0.3, -0.25) is 4.79 Å². The van der Waals surface area contributed by atoms with Crippen LogP contribution in [0.3, 0.4) is 0 Å². The average molecular weight is 359 g/mol. The minimum absolute atomic E-state index is 0.0431. The van der Waals surface area contributed by atoms with Crippen LogP contribution in [0.5, 0.6) is 0 Å². The number of benzene rings is 3. The lowest BCUT2D eigenvalue weighted by molar-refractivity contribution is -0.885. The minimum Gasteiger partial charge on any atom is -0.326 e. The molecule has 2 N–H and O–H groups in total. The van der Waals surface area contributed by atoms with Gasteiger partial charge in [0.15, 0.2) is 6.54 Å². The highest BCUT2D eigenvalue weighted by molar-refractivity contribution is 5.92. The molecule has 3 heteroatoms. The zero-order valence-corrected chi connectivity index (χ0v) is 16.0. The highest BCUT2D eigenvalue weighted by Gasteiger charge is 2.13. The third kappa shape index (κ3) is 5.53. The van der Waals surface area contributed by atoms with Crippen molar-refractivity contribution in [1.82, 2.24) is 0 Å². The van der Waals surface area contributed by atoms with Crippen LogP contribution in [0, 0.1) is 6.92 Å². The Kier molecular flexibility index (Phi) is 6.39. The molecule has 0 aromatic heterocycles. The first-order chi connectivity index (χ1) is 13.1. The minimum atomic E-state index is 0.0431. The number of aryl methyl sites for hydroxylation is 1. The molecule has 0 bridgehead atoms. The molecule has 138 valence electrons. The molecule has 1 amide bonds. The van der Waals surface area contributed by atoms with E-state index in [2.05, 4.69) is 55.7 Å². The number of carbonyl (C=O) groups is 1. The number of likely N-dealkylation sites (N-methyl/N-ethyl adjacent to an activating group) is 1. The molecular formula is C24H27N2O+. The third-order valence-electron chi connectivity index (χ3n) is 4.74.